The maximum absolute atomic E-state index is 13.1. The van der Waals surface area contributed by atoms with Crippen molar-refractivity contribution in [1.29, 1.82) is 0 Å². The third kappa shape index (κ3) is 4.86. The number of aromatic nitrogens is 5. The molecule has 0 fully saturated rings. The summed E-state index contributed by atoms with van der Waals surface area (Å²) >= 11 is 5.25. The first-order valence-electron chi connectivity index (χ1n) is 11.4. The third-order valence-electron chi connectivity index (χ3n) is 5.84. The van der Waals surface area contributed by atoms with Crippen molar-refractivity contribution in [3.63, 3.8) is 0 Å². The van der Waals surface area contributed by atoms with E-state index in [2.05, 4.69) is 30.8 Å². The standard InChI is InChI=1S/C25H21N7O5S/c1-12-7-14(3-5-16(12)23(35)36)10-27-22(34)19-9-18(29-24-30-31-25(38)32(19)24)21(33)26-11-15-4-6-20-17(8-15)28-13(2)37-20/h3-9H,10-11H2,1-2H3,(H,26,33)(H,27,34)(H,31,38)(H,35,36). The van der Waals surface area contributed by atoms with E-state index >= 15 is 0 Å². The number of carbonyl (C=O) groups is 3. The van der Waals surface area contributed by atoms with E-state index in [-0.39, 0.29) is 40.6 Å². The molecule has 3 heterocycles. The van der Waals surface area contributed by atoms with Crippen LogP contribution in [0.25, 0.3) is 16.9 Å². The number of carboxylic acids is 1. The average molecular weight is 532 g/mol. The second-order valence-corrected chi connectivity index (χ2v) is 8.93. The molecule has 3 aromatic heterocycles. The van der Waals surface area contributed by atoms with Crippen LogP contribution >= 0.6 is 12.2 Å². The molecule has 192 valence electrons. The molecule has 0 aliphatic rings. The fourth-order valence-corrected chi connectivity index (χ4v) is 4.24. The van der Waals surface area contributed by atoms with Crippen LogP contribution in [-0.2, 0) is 13.1 Å². The highest BCUT2D eigenvalue weighted by atomic mass is 32.1. The molecule has 0 radical (unpaired) electrons. The molecule has 0 atom stereocenters. The van der Waals surface area contributed by atoms with Crippen molar-refractivity contribution in [1.82, 2.24) is 35.2 Å². The molecule has 0 unspecified atom stereocenters. The number of benzene rings is 2. The predicted octanol–water partition coefficient (Wildman–Crippen LogP) is 3.10. The second-order valence-electron chi connectivity index (χ2n) is 8.55. The summed E-state index contributed by atoms with van der Waals surface area (Å²) in [6.45, 7) is 3.77. The normalized spacial score (nSPS) is 11.1. The molecule has 0 saturated heterocycles. The van der Waals surface area contributed by atoms with Crippen LogP contribution in [0, 0.1) is 18.6 Å². The highest BCUT2D eigenvalue weighted by Crippen LogP contribution is 2.17. The van der Waals surface area contributed by atoms with Crippen molar-refractivity contribution in [3.8, 4) is 0 Å². The lowest BCUT2D eigenvalue weighted by Gasteiger charge is -2.10. The summed E-state index contributed by atoms with van der Waals surface area (Å²) in [5.41, 5.74) is 3.67. The van der Waals surface area contributed by atoms with Crippen LogP contribution < -0.4 is 10.6 Å². The van der Waals surface area contributed by atoms with Crippen LogP contribution in [-0.4, -0.2) is 47.5 Å². The van der Waals surface area contributed by atoms with E-state index in [1.54, 1.807) is 32.0 Å². The Morgan fingerprint density at radius 3 is 2.45 bits per heavy atom. The summed E-state index contributed by atoms with van der Waals surface area (Å²) in [5, 5.41) is 21.4. The molecule has 12 nitrogen and oxygen atoms in total. The number of rotatable bonds is 7. The number of nitrogens with zero attached hydrogens (tertiary/aromatic N) is 4. The van der Waals surface area contributed by atoms with Gasteiger partial charge in [0.05, 0.1) is 5.56 Å². The Morgan fingerprint density at radius 2 is 1.71 bits per heavy atom. The Kier molecular flexibility index (Phi) is 6.43. The van der Waals surface area contributed by atoms with Gasteiger partial charge in [-0.05, 0) is 60.1 Å². The minimum absolute atomic E-state index is 0.0170. The topological polar surface area (TPSA) is 168 Å². The van der Waals surface area contributed by atoms with Gasteiger partial charge < -0.3 is 20.2 Å². The molecular weight excluding hydrogens is 510 g/mol. The van der Waals surface area contributed by atoms with E-state index in [1.807, 2.05) is 12.1 Å². The lowest BCUT2D eigenvalue weighted by atomic mass is 10.1. The number of hydrogen-bond acceptors (Lipinski definition) is 8. The molecule has 4 N–H and O–H groups in total. The molecule has 5 aromatic rings. The van der Waals surface area contributed by atoms with Crippen LogP contribution in [0.4, 0.5) is 0 Å². The zero-order valence-corrected chi connectivity index (χ0v) is 21.0. The van der Waals surface area contributed by atoms with E-state index < -0.39 is 17.8 Å². The Hall–Kier alpha value is -4.91. The minimum Gasteiger partial charge on any atom is -0.478 e. The van der Waals surface area contributed by atoms with Gasteiger partial charge in [-0.15, -0.1) is 5.10 Å². The lowest BCUT2D eigenvalue weighted by Crippen LogP contribution is -2.28. The number of nitrogens with one attached hydrogen (secondary N) is 3. The first-order valence-corrected chi connectivity index (χ1v) is 11.8. The van der Waals surface area contributed by atoms with Crippen molar-refractivity contribution < 1.29 is 23.9 Å². The number of aromatic carboxylic acids is 1. The van der Waals surface area contributed by atoms with Crippen molar-refractivity contribution in [2.45, 2.75) is 26.9 Å². The Morgan fingerprint density at radius 1 is 1.00 bits per heavy atom. The number of carboxylic acid groups (broad SMARTS) is 1. The van der Waals surface area contributed by atoms with E-state index in [9.17, 15) is 19.5 Å². The molecule has 5 rings (SSSR count). The third-order valence-corrected chi connectivity index (χ3v) is 6.11. The summed E-state index contributed by atoms with van der Waals surface area (Å²) < 4.78 is 6.95. The van der Waals surface area contributed by atoms with Crippen LogP contribution in [0.1, 0.15) is 53.9 Å². The van der Waals surface area contributed by atoms with Gasteiger partial charge in [0.1, 0.15) is 16.9 Å². The van der Waals surface area contributed by atoms with Gasteiger partial charge in [-0.3, -0.25) is 9.59 Å². The fraction of sp³-hybridized carbons (Fsp3) is 0.160. The molecule has 2 aromatic carbocycles. The van der Waals surface area contributed by atoms with Gasteiger partial charge in [-0.1, -0.05) is 18.2 Å². The molecule has 0 saturated carbocycles. The molecule has 0 spiro atoms. The molecule has 38 heavy (non-hydrogen) atoms. The summed E-state index contributed by atoms with van der Waals surface area (Å²) in [6, 6.07) is 11.6. The minimum atomic E-state index is -1.02. The SMILES string of the molecule is Cc1nc2cc(CNC(=O)c3cc(C(=O)NCc4ccc(C(=O)O)c(C)c4)n4c(=S)[nH]nc4n3)ccc2o1. The monoisotopic (exact) mass is 531 g/mol. The summed E-state index contributed by atoms with van der Waals surface area (Å²) in [4.78, 5) is 45.9. The van der Waals surface area contributed by atoms with Crippen LogP contribution in [0.2, 0.25) is 0 Å². The summed E-state index contributed by atoms with van der Waals surface area (Å²) in [5.74, 6) is -1.43. The van der Waals surface area contributed by atoms with Gasteiger partial charge in [0.2, 0.25) is 4.77 Å². The van der Waals surface area contributed by atoms with Gasteiger partial charge in [0.15, 0.2) is 11.5 Å². The highest BCUT2D eigenvalue weighted by molar-refractivity contribution is 7.71. The quantitative estimate of drug-likeness (QED) is 0.231. The van der Waals surface area contributed by atoms with E-state index in [1.165, 1.54) is 16.5 Å². The number of fused-ring (bicyclic) bond motifs is 2. The predicted molar refractivity (Wildman–Crippen MR) is 137 cm³/mol. The highest BCUT2D eigenvalue weighted by Gasteiger charge is 2.19. The molecule has 0 aliphatic carbocycles. The smallest absolute Gasteiger partial charge is 0.335 e. The van der Waals surface area contributed by atoms with Crippen molar-refractivity contribution in [2.24, 2.45) is 0 Å². The number of aryl methyl sites for hydroxylation is 2. The Labute approximate surface area is 219 Å². The summed E-state index contributed by atoms with van der Waals surface area (Å²) in [7, 11) is 0. The maximum atomic E-state index is 13.1. The van der Waals surface area contributed by atoms with Gasteiger partial charge in [0.25, 0.3) is 17.6 Å². The van der Waals surface area contributed by atoms with Crippen LogP contribution in [0.15, 0.2) is 46.9 Å². The molecule has 2 amide bonds. The van der Waals surface area contributed by atoms with Crippen molar-refractivity contribution in [2.75, 3.05) is 0 Å². The molecule has 0 aliphatic heterocycles. The molecule has 13 heteroatoms. The average Bonchev–Trinajstić information content (AvgIpc) is 3.45. The van der Waals surface area contributed by atoms with E-state index in [0.29, 0.717) is 28.1 Å². The van der Waals surface area contributed by atoms with Crippen LogP contribution in [0.5, 0.6) is 0 Å². The van der Waals surface area contributed by atoms with Crippen molar-refractivity contribution in [3.05, 3.63) is 86.8 Å². The number of carbonyl (C=O) groups excluding carboxylic acids is 2. The first-order chi connectivity index (χ1) is 18.2. The number of amides is 2. The number of H-pyrrole nitrogens is 1. The Balaban J connectivity index is 1.35. The summed E-state index contributed by atoms with van der Waals surface area (Å²) in [6.07, 6.45) is 0. The fourth-order valence-electron chi connectivity index (χ4n) is 4.02. The zero-order valence-electron chi connectivity index (χ0n) is 20.2. The molecular formula is C25H21N7O5S. The van der Waals surface area contributed by atoms with Crippen LogP contribution in [0.3, 0.4) is 0 Å². The van der Waals surface area contributed by atoms with E-state index in [4.69, 9.17) is 16.6 Å². The van der Waals surface area contributed by atoms with Crippen molar-refractivity contribution >= 4 is 46.9 Å². The molecule has 0 bridgehead atoms. The zero-order chi connectivity index (χ0) is 27.0. The van der Waals surface area contributed by atoms with Gasteiger partial charge >= 0.3 is 5.97 Å². The largest absolute Gasteiger partial charge is 0.478 e. The number of oxazole rings is 1. The first kappa shape index (κ1) is 24.8. The van der Waals surface area contributed by atoms with Gasteiger partial charge in [0, 0.05) is 20.0 Å². The number of aromatic amines is 1. The maximum Gasteiger partial charge on any atom is 0.335 e. The van der Waals surface area contributed by atoms with E-state index in [0.717, 1.165) is 5.56 Å². The Bertz CT molecular complexity index is 1800. The number of hydrogen-bond donors (Lipinski definition) is 4. The second kappa shape index (κ2) is 9.86. The lowest BCUT2D eigenvalue weighted by molar-refractivity contribution is 0.0695. The van der Waals surface area contributed by atoms with Gasteiger partial charge in [-0.25, -0.2) is 24.3 Å². The van der Waals surface area contributed by atoms with Gasteiger partial charge in [-0.2, -0.15) is 0 Å².